The summed E-state index contributed by atoms with van der Waals surface area (Å²) >= 11 is 3.52. The van der Waals surface area contributed by atoms with E-state index in [1.807, 2.05) is 54.6 Å². The standard InChI is InChI=1S/C21H23BrNO5P/c1-26-29(25,27-2)13-12-19-20(28-15-16-8-4-3-5-9-16)21(24)23(19)14-17-10-6-7-11-18(17)22/h3-13,19-20H,14-15H2,1-2H3/b13-12+/t19-,20+/m1/s1. The van der Waals surface area contributed by atoms with E-state index in [4.69, 9.17) is 13.8 Å². The highest BCUT2D eigenvalue weighted by atomic mass is 79.9. The number of rotatable bonds is 9. The van der Waals surface area contributed by atoms with E-state index in [9.17, 15) is 9.36 Å². The average Bonchev–Trinajstić information content (AvgIpc) is 2.75. The quantitative estimate of drug-likeness (QED) is 0.383. The zero-order valence-electron chi connectivity index (χ0n) is 16.2. The van der Waals surface area contributed by atoms with Gasteiger partial charge < -0.3 is 18.7 Å². The van der Waals surface area contributed by atoms with E-state index in [0.717, 1.165) is 15.6 Å². The van der Waals surface area contributed by atoms with E-state index >= 15 is 0 Å². The number of benzene rings is 2. The van der Waals surface area contributed by atoms with Crippen LogP contribution < -0.4 is 0 Å². The fraction of sp³-hybridized carbons (Fsp3) is 0.286. The SMILES string of the molecule is COP(=O)(/C=C/[C@@H]1[C@H](OCc2ccccc2)C(=O)N1Cc1ccccc1Br)OC. The molecule has 0 aromatic heterocycles. The van der Waals surface area contributed by atoms with Gasteiger partial charge in [0, 0.05) is 31.1 Å². The lowest BCUT2D eigenvalue weighted by atomic mass is 9.96. The zero-order chi connectivity index (χ0) is 20.9. The second kappa shape index (κ2) is 9.83. The molecule has 1 heterocycles. The van der Waals surface area contributed by atoms with Gasteiger partial charge in [-0.2, -0.15) is 0 Å². The van der Waals surface area contributed by atoms with Crippen molar-refractivity contribution >= 4 is 29.4 Å². The number of halogens is 1. The van der Waals surface area contributed by atoms with Crippen molar-refractivity contribution in [2.75, 3.05) is 14.2 Å². The van der Waals surface area contributed by atoms with Crippen LogP contribution in [0.3, 0.4) is 0 Å². The molecule has 2 aromatic carbocycles. The van der Waals surface area contributed by atoms with Gasteiger partial charge in [0.05, 0.1) is 12.6 Å². The number of carbonyl (C=O) groups excluding carboxylic acids is 1. The molecule has 6 nitrogen and oxygen atoms in total. The predicted molar refractivity (Wildman–Crippen MR) is 114 cm³/mol. The molecule has 8 heteroatoms. The Kier molecular flexibility index (Phi) is 7.44. The van der Waals surface area contributed by atoms with Gasteiger partial charge in [-0.05, 0) is 17.2 Å². The van der Waals surface area contributed by atoms with Gasteiger partial charge in [0.1, 0.15) is 0 Å². The average molecular weight is 480 g/mol. The van der Waals surface area contributed by atoms with Gasteiger partial charge in [-0.15, -0.1) is 0 Å². The number of β-lactam (4-membered cyclic amide) rings is 1. The minimum atomic E-state index is -3.34. The Morgan fingerprint density at radius 3 is 2.38 bits per heavy atom. The highest BCUT2D eigenvalue weighted by molar-refractivity contribution is 9.10. The summed E-state index contributed by atoms with van der Waals surface area (Å²) in [4.78, 5) is 14.5. The molecule has 1 aliphatic heterocycles. The van der Waals surface area contributed by atoms with Gasteiger partial charge in [0.25, 0.3) is 5.91 Å². The number of amides is 1. The molecule has 0 N–H and O–H groups in total. The first kappa shape index (κ1) is 21.9. The molecule has 154 valence electrons. The van der Waals surface area contributed by atoms with Crippen molar-refractivity contribution in [3.05, 3.63) is 82.1 Å². The van der Waals surface area contributed by atoms with E-state index in [2.05, 4.69) is 15.9 Å². The minimum absolute atomic E-state index is 0.115. The summed E-state index contributed by atoms with van der Waals surface area (Å²) in [7, 11) is -0.695. The number of likely N-dealkylation sites (tertiary alicyclic amines) is 1. The molecule has 1 aliphatic rings. The Hall–Kier alpha value is -1.76. The molecule has 29 heavy (non-hydrogen) atoms. The third-order valence-electron chi connectivity index (χ3n) is 4.74. The Labute approximate surface area is 179 Å². The molecular weight excluding hydrogens is 457 g/mol. The molecule has 0 radical (unpaired) electrons. The molecule has 3 rings (SSSR count). The first-order valence-corrected chi connectivity index (χ1v) is 11.5. The highest BCUT2D eigenvalue weighted by Gasteiger charge is 2.47. The maximum absolute atomic E-state index is 12.8. The molecule has 1 fully saturated rings. The first-order valence-electron chi connectivity index (χ1n) is 9.07. The van der Waals surface area contributed by atoms with E-state index in [1.165, 1.54) is 20.0 Å². The number of hydrogen-bond acceptors (Lipinski definition) is 5. The summed E-state index contributed by atoms with van der Waals surface area (Å²) < 4.78 is 29.1. The normalized spacial score (nSPS) is 19.6. The van der Waals surface area contributed by atoms with Gasteiger partial charge in [-0.1, -0.05) is 70.5 Å². The van der Waals surface area contributed by atoms with Crippen LogP contribution >= 0.6 is 23.5 Å². The minimum Gasteiger partial charge on any atom is -0.361 e. The van der Waals surface area contributed by atoms with Gasteiger partial charge in [-0.3, -0.25) is 9.36 Å². The molecular formula is C21H23BrNO5P. The van der Waals surface area contributed by atoms with E-state index in [1.54, 1.807) is 11.0 Å². The van der Waals surface area contributed by atoms with E-state index in [0.29, 0.717) is 13.2 Å². The van der Waals surface area contributed by atoms with Crippen molar-refractivity contribution in [1.82, 2.24) is 4.90 Å². The fourth-order valence-corrected chi connectivity index (χ4v) is 4.25. The molecule has 1 amide bonds. The van der Waals surface area contributed by atoms with Gasteiger partial charge in [-0.25, -0.2) is 0 Å². The molecule has 0 saturated carbocycles. The van der Waals surface area contributed by atoms with Crippen molar-refractivity contribution in [2.45, 2.75) is 25.3 Å². The Morgan fingerprint density at radius 2 is 1.72 bits per heavy atom. The van der Waals surface area contributed by atoms with Gasteiger partial charge >= 0.3 is 7.60 Å². The summed E-state index contributed by atoms with van der Waals surface area (Å²) in [5.41, 5.74) is 1.95. The Bertz CT molecular complexity index is 912. The number of ether oxygens (including phenoxy) is 1. The maximum atomic E-state index is 12.8. The van der Waals surface area contributed by atoms with Crippen molar-refractivity contribution in [2.24, 2.45) is 0 Å². The second-order valence-corrected chi connectivity index (χ2v) is 9.47. The molecule has 0 unspecified atom stereocenters. The van der Waals surface area contributed by atoms with Crippen molar-refractivity contribution in [3.8, 4) is 0 Å². The van der Waals surface area contributed by atoms with Crippen molar-refractivity contribution in [1.29, 1.82) is 0 Å². The third-order valence-corrected chi connectivity index (χ3v) is 7.07. The van der Waals surface area contributed by atoms with E-state index in [-0.39, 0.29) is 11.9 Å². The lowest BCUT2D eigenvalue weighted by Crippen LogP contribution is -2.64. The molecule has 0 bridgehead atoms. The molecule has 2 aromatic rings. The fourth-order valence-electron chi connectivity index (χ4n) is 3.06. The number of hydrogen-bond donors (Lipinski definition) is 0. The van der Waals surface area contributed by atoms with Crippen LogP contribution in [-0.4, -0.2) is 37.2 Å². The lowest BCUT2D eigenvalue weighted by Gasteiger charge is -2.45. The van der Waals surface area contributed by atoms with Gasteiger partial charge in [0.2, 0.25) is 0 Å². The van der Waals surface area contributed by atoms with Crippen LogP contribution in [0.25, 0.3) is 0 Å². The Balaban J connectivity index is 1.78. The Morgan fingerprint density at radius 1 is 1.07 bits per heavy atom. The summed E-state index contributed by atoms with van der Waals surface area (Å²) in [6.45, 7) is 0.724. The van der Waals surface area contributed by atoms with Crippen molar-refractivity contribution < 1.29 is 23.1 Å². The van der Waals surface area contributed by atoms with E-state index < -0.39 is 13.7 Å². The zero-order valence-corrected chi connectivity index (χ0v) is 18.7. The van der Waals surface area contributed by atoms with Crippen LogP contribution in [0.1, 0.15) is 11.1 Å². The molecule has 0 aliphatic carbocycles. The van der Waals surface area contributed by atoms with Crippen LogP contribution in [0.15, 0.2) is 71.0 Å². The highest BCUT2D eigenvalue weighted by Crippen LogP contribution is 2.48. The topological polar surface area (TPSA) is 65.1 Å². The predicted octanol–water partition coefficient (Wildman–Crippen LogP) is 4.74. The second-order valence-electron chi connectivity index (χ2n) is 6.51. The monoisotopic (exact) mass is 479 g/mol. The van der Waals surface area contributed by atoms with Crippen LogP contribution in [0.4, 0.5) is 0 Å². The maximum Gasteiger partial charge on any atom is 0.353 e. The number of carbonyl (C=O) groups is 1. The van der Waals surface area contributed by atoms with Crippen LogP contribution in [0, 0.1) is 0 Å². The summed E-state index contributed by atoms with van der Waals surface area (Å²) in [6, 6.07) is 17.0. The first-order chi connectivity index (χ1) is 14.0. The van der Waals surface area contributed by atoms with Gasteiger partial charge in [0.15, 0.2) is 6.10 Å². The largest absolute Gasteiger partial charge is 0.361 e. The molecule has 0 spiro atoms. The summed E-state index contributed by atoms with van der Waals surface area (Å²) in [5.74, 6) is 1.27. The van der Waals surface area contributed by atoms with Crippen LogP contribution in [0.2, 0.25) is 0 Å². The van der Waals surface area contributed by atoms with Crippen LogP contribution in [-0.2, 0) is 36.3 Å². The summed E-state index contributed by atoms with van der Waals surface area (Å²) in [5, 5.41) is 0. The molecule has 2 atom stereocenters. The molecule has 1 saturated heterocycles. The number of nitrogens with zero attached hydrogens (tertiary/aromatic N) is 1. The lowest BCUT2D eigenvalue weighted by molar-refractivity contribution is -0.172. The third kappa shape index (κ3) is 5.24. The van der Waals surface area contributed by atoms with Crippen molar-refractivity contribution in [3.63, 3.8) is 0 Å². The smallest absolute Gasteiger partial charge is 0.353 e. The summed E-state index contributed by atoms with van der Waals surface area (Å²) in [6.07, 6.45) is 1.01. The van der Waals surface area contributed by atoms with Crippen LogP contribution in [0.5, 0.6) is 0 Å².